The van der Waals surface area contributed by atoms with E-state index >= 15 is 0 Å². The van der Waals surface area contributed by atoms with E-state index < -0.39 is 5.92 Å². The van der Waals surface area contributed by atoms with Gasteiger partial charge in [-0.2, -0.15) is 0 Å². The van der Waals surface area contributed by atoms with Crippen LogP contribution in [-0.2, 0) is 9.59 Å². The Hall–Kier alpha value is -2.07. The molecule has 0 amide bonds. The molecule has 2 unspecified atom stereocenters. The summed E-state index contributed by atoms with van der Waals surface area (Å²) >= 11 is 1.13. The molecule has 0 saturated carbocycles. The summed E-state index contributed by atoms with van der Waals surface area (Å²) in [5.41, 5.74) is 2.69. The standard InChI is InChI=1S/C18H16O3S/c1-11-17(19)16(18(20)22-11)15-6-4-3-5-14(15)12-7-9-13(21-2)10-8-12/h3-11,16H,1-2H3. The summed E-state index contributed by atoms with van der Waals surface area (Å²) in [7, 11) is 1.62. The molecule has 3 rings (SSSR count). The highest BCUT2D eigenvalue weighted by Gasteiger charge is 2.41. The van der Waals surface area contributed by atoms with E-state index in [0.29, 0.717) is 0 Å². The van der Waals surface area contributed by atoms with E-state index in [0.717, 1.165) is 34.2 Å². The molecular weight excluding hydrogens is 296 g/mol. The topological polar surface area (TPSA) is 43.4 Å². The summed E-state index contributed by atoms with van der Waals surface area (Å²) in [6.07, 6.45) is 0. The molecule has 22 heavy (non-hydrogen) atoms. The first kappa shape index (κ1) is 14.9. The van der Waals surface area contributed by atoms with Crippen molar-refractivity contribution in [1.82, 2.24) is 0 Å². The van der Waals surface area contributed by atoms with Crippen LogP contribution in [0.4, 0.5) is 0 Å². The Morgan fingerprint density at radius 2 is 1.68 bits per heavy atom. The second-order valence-electron chi connectivity index (χ2n) is 5.23. The molecular formula is C18H16O3S. The molecule has 0 radical (unpaired) electrons. The smallest absolute Gasteiger partial charge is 0.204 e. The Labute approximate surface area is 133 Å². The van der Waals surface area contributed by atoms with Crippen molar-refractivity contribution in [2.75, 3.05) is 7.11 Å². The van der Waals surface area contributed by atoms with E-state index in [1.807, 2.05) is 48.5 Å². The largest absolute Gasteiger partial charge is 0.497 e. The molecule has 4 heteroatoms. The molecule has 2 aromatic carbocycles. The predicted molar refractivity (Wildman–Crippen MR) is 88.2 cm³/mol. The van der Waals surface area contributed by atoms with Gasteiger partial charge in [-0.05, 0) is 35.7 Å². The number of rotatable bonds is 3. The first-order valence-corrected chi connectivity index (χ1v) is 7.97. The van der Waals surface area contributed by atoms with Gasteiger partial charge in [0.15, 0.2) is 5.78 Å². The summed E-state index contributed by atoms with van der Waals surface area (Å²) in [5.74, 6) is 0.118. The maximum atomic E-state index is 12.3. The van der Waals surface area contributed by atoms with Gasteiger partial charge in [-0.1, -0.05) is 48.2 Å². The zero-order chi connectivity index (χ0) is 15.7. The van der Waals surface area contributed by atoms with Crippen LogP contribution in [0, 0.1) is 0 Å². The SMILES string of the molecule is COc1ccc(-c2ccccc2C2C(=O)SC(C)C2=O)cc1. The third kappa shape index (κ3) is 2.55. The molecule has 0 N–H and O–H groups in total. The molecule has 1 heterocycles. The van der Waals surface area contributed by atoms with Gasteiger partial charge in [-0.15, -0.1) is 0 Å². The van der Waals surface area contributed by atoms with Crippen molar-refractivity contribution in [3.8, 4) is 16.9 Å². The Bertz CT molecular complexity index is 721. The fourth-order valence-electron chi connectivity index (χ4n) is 2.71. The van der Waals surface area contributed by atoms with Gasteiger partial charge in [0.1, 0.15) is 11.7 Å². The third-order valence-corrected chi connectivity index (χ3v) is 4.94. The summed E-state index contributed by atoms with van der Waals surface area (Å²) < 4.78 is 5.17. The van der Waals surface area contributed by atoms with E-state index in [1.165, 1.54) is 0 Å². The number of hydrogen-bond acceptors (Lipinski definition) is 4. The lowest BCUT2D eigenvalue weighted by Gasteiger charge is -2.14. The summed E-state index contributed by atoms with van der Waals surface area (Å²) in [5, 5.41) is -0.320. The van der Waals surface area contributed by atoms with Gasteiger partial charge in [0.05, 0.1) is 12.4 Å². The molecule has 112 valence electrons. The highest BCUT2D eigenvalue weighted by atomic mass is 32.2. The van der Waals surface area contributed by atoms with Crippen molar-refractivity contribution in [2.24, 2.45) is 0 Å². The van der Waals surface area contributed by atoms with Gasteiger partial charge in [-0.3, -0.25) is 9.59 Å². The lowest BCUT2D eigenvalue weighted by atomic mass is 9.88. The normalized spacial score (nSPS) is 21.2. The van der Waals surface area contributed by atoms with Crippen LogP contribution in [0.5, 0.6) is 5.75 Å². The average Bonchev–Trinajstić information content (AvgIpc) is 2.80. The van der Waals surface area contributed by atoms with E-state index in [2.05, 4.69) is 0 Å². The molecule has 0 bridgehead atoms. The van der Waals surface area contributed by atoms with Gasteiger partial charge >= 0.3 is 0 Å². The summed E-state index contributed by atoms with van der Waals surface area (Å²) in [6, 6.07) is 15.3. The monoisotopic (exact) mass is 312 g/mol. The first-order chi connectivity index (χ1) is 10.6. The van der Waals surface area contributed by atoms with Crippen LogP contribution in [0.15, 0.2) is 48.5 Å². The van der Waals surface area contributed by atoms with Gasteiger partial charge < -0.3 is 4.74 Å². The Balaban J connectivity index is 2.06. The number of benzene rings is 2. The molecule has 3 nitrogen and oxygen atoms in total. The van der Waals surface area contributed by atoms with E-state index in [4.69, 9.17) is 4.74 Å². The summed E-state index contributed by atoms with van der Waals surface area (Å²) in [6.45, 7) is 1.79. The van der Waals surface area contributed by atoms with Crippen molar-refractivity contribution in [3.05, 3.63) is 54.1 Å². The fourth-order valence-corrected chi connectivity index (χ4v) is 3.69. The number of carbonyl (C=O) groups excluding carboxylic acids is 2. The van der Waals surface area contributed by atoms with Crippen LogP contribution < -0.4 is 4.74 Å². The van der Waals surface area contributed by atoms with Crippen LogP contribution in [0.3, 0.4) is 0 Å². The number of hydrogen-bond donors (Lipinski definition) is 0. The zero-order valence-corrected chi connectivity index (χ0v) is 13.2. The molecule has 0 aliphatic carbocycles. The molecule has 2 aromatic rings. The van der Waals surface area contributed by atoms with Crippen molar-refractivity contribution in [1.29, 1.82) is 0 Å². The number of Topliss-reactive ketones (excluding diaryl/α,β-unsaturated/α-hetero) is 1. The number of thioether (sulfide) groups is 1. The van der Waals surface area contributed by atoms with Gasteiger partial charge in [0.25, 0.3) is 0 Å². The van der Waals surface area contributed by atoms with Crippen molar-refractivity contribution in [2.45, 2.75) is 18.1 Å². The fraction of sp³-hybridized carbons (Fsp3) is 0.222. The molecule has 1 aliphatic heterocycles. The zero-order valence-electron chi connectivity index (χ0n) is 12.4. The van der Waals surface area contributed by atoms with Crippen LogP contribution in [0.25, 0.3) is 11.1 Å². The van der Waals surface area contributed by atoms with Gasteiger partial charge in [-0.25, -0.2) is 0 Å². The van der Waals surface area contributed by atoms with Crippen LogP contribution in [0.2, 0.25) is 0 Å². The molecule has 1 saturated heterocycles. The van der Waals surface area contributed by atoms with Crippen molar-refractivity contribution < 1.29 is 14.3 Å². The third-order valence-electron chi connectivity index (χ3n) is 3.89. The van der Waals surface area contributed by atoms with Crippen molar-refractivity contribution >= 4 is 22.7 Å². The van der Waals surface area contributed by atoms with Gasteiger partial charge in [0, 0.05) is 0 Å². The van der Waals surface area contributed by atoms with Crippen molar-refractivity contribution in [3.63, 3.8) is 0 Å². The average molecular weight is 312 g/mol. The van der Waals surface area contributed by atoms with E-state index in [1.54, 1.807) is 14.0 Å². The maximum Gasteiger partial charge on any atom is 0.204 e. The number of methoxy groups -OCH3 is 1. The maximum absolute atomic E-state index is 12.3. The number of ether oxygens (including phenoxy) is 1. The Morgan fingerprint density at radius 1 is 1.00 bits per heavy atom. The second kappa shape index (κ2) is 5.97. The first-order valence-electron chi connectivity index (χ1n) is 7.09. The minimum atomic E-state index is -0.654. The minimum Gasteiger partial charge on any atom is -0.497 e. The number of carbonyl (C=O) groups is 2. The number of ketones is 1. The highest BCUT2D eigenvalue weighted by Crippen LogP contribution is 2.40. The van der Waals surface area contributed by atoms with Gasteiger partial charge in [0.2, 0.25) is 5.12 Å². The lowest BCUT2D eigenvalue weighted by Crippen LogP contribution is -2.17. The molecule has 1 aliphatic rings. The lowest BCUT2D eigenvalue weighted by molar-refractivity contribution is -0.123. The summed E-state index contributed by atoms with van der Waals surface area (Å²) in [4.78, 5) is 24.5. The predicted octanol–water partition coefficient (Wildman–Crippen LogP) is 3.68. The minimum absolute atomic E-state index is 0.00374. The highest BCUT2D eigenvalue weighted by molar-refractivity contribution is 8.15. The van der Waals surface area contributed by atoms with E-state index in [-0.39, 0.29) is 16.1 Å². The second-order valence-corrected chi connectivity index (χ2v) is 6.58. The molecule has 0 aromatic heterocycles. The van der Waals surface area contributed by atoms with Crippen LogP contribution >= 0.6 is 11.8 Å². The van der Waals surface area contributed by atoms with E-state index in [9.17, 15) is 9.59 Å². The van der Waals surface area contributed by atoms with Crippen LogP contribution in [0.1, 0.15) is 18.4 Å². The Kier molecular flexibility index (Phi) is 4.03. The Morgan fingerprint density at radius 3 is 2.27 bits per heavy atom. The molecule has 2 atom stereocenters. The molecule has 0 spiro atoms. The van der Waals surface area contributed by atoms with Crippen LogP contribution in [-0.4, -0.2) is 23.3 Å². The molecule has 1 fully saturated rings. The quantitative estimate of drug-likeness (QED) is 0.811.